The molecule has 6 nitrogen and oxygen atoms in total. The van der Waals surface area contributed by atoms with Crippen LogP contribution in [0.5, 0.6) is 0 Å². The molecule has 0 heterocycles. The molecular weight excluding hydrogens is 457 g/mol. The molecule has 0 bridgehead atoms. The molecule has 0 unspecified atom stereocenters. The summed E-state index contributed by atoms with van der Waals surface area (Å²) >= 11 is 0. The van der Waals surface area contributed by atoms with Crippen LogP contribution in [0.4, 0.5) is 0 Å². The van der Waals surface area contributed by atoms with Gasteiger partial charge in [0.25, 0.3) is 9.28 Å². The van der Waals surface area contributed by atoms with Crippen molar-refractivity contribution in [1.29, 1.82) is 0 Å². The molecule has 0 aromatic rings. The van der Waals surface area contributed by atoms with Gasteiger partial charge in [-0.15, -0.1) is 0 Å². The van der Waals surface area contributed by atoms with E-state index in [9.17, 15) is 0 Å². The Morgan fingerprint density at radius 3 is 0.964 bits per heavy atom. The Morgan fingerprint density at radius 2 is 0.821 bits per heavy atom. The predicted molar refractivity (Wildman–Crippen MR) is 140 cm³/mol. The first-order valence-corrected chi connectivity index (χ1v) is 27.8. The van der Waals surface area contributed by atoms with Crippen molar-refractivity contribution in [3.05, 3.63) is 0 Å². The number of hydrogen-bond donors (Lipinski definition) is 1. The van der Waals surface area contributed by atoms with E-state index >= 15 is 0 Å². The molecule has 0 aliphatic heterocycles. The van der Waals surface area contributed by atoms with Gasteiger partial charge in [-0.2, -0.15) is 0 Å². The normalized spacial score (nSPS) is 13.5. The lowest BCUT2D eigenvalue weighted by molar-refractivity contribution is 0.208. The summed E-state index contributed by atoms with van der Waals surface area (Å²) < 4.78 is 29.3. The van der Waals surface area contributed by atoms with E-state index in [1.807, 2.05) is 6.55 Å². The molecule has 0 aliphatic carbocycles. The predicted octanol–water partition coefficient (Wildman–Crippen LogP) is 5.30. The Bertz CT molecular complexity index is 373. The highest BCUT2D eigenvalue weighted by Crippen LogP contribution is 2.20. The topological polar surface area (TPSA) is 66.4 Å². The van der Waals surface area contributed by atoms with Gasteiger partial charge in [-0.05, 0) is 85.1 Å². The van der Waals surface area contributed by atoms with Crippen LogP contribution in [0.15, 0.2) is 0 Å². The van der Waals surface area contributed by atoms with Crippen molar-refractivity contribution in [3.8, 4) is 0 Å². The van der Waals surface area contributed by atoms with Gasteiger partial charge in [0, 0.05) is 22.2 Å². The maximum absolute atomic E-state index is 7.00. The number of hydrogen-bond acceptors (Lipinski definition) is 6. The molecule has 12 heteroatoms. The average molecular weight is 509 g/mol. The molecule has 0 atom stereocenters. The van der Waals surface area contributed by atoms with Crippen molar-refractivity contribution in [2.45, 2.75) is 91.7 Å². The Balaban J connectivity index is -0.000000194. The van der Waals surface area contributed by atoms with Gasteiger partial charge in [-0.25, -0.2) is 0 Å². The van der Waals surface area contributed by atoms with E-state index in [4.69, 9.17) is 26.0 Å². The van der Waals surface area contributed by atoms with Gasteiger partial charge in [-0.3, -0.25) is 0 Å². The molecule has 0 amide bonds. The molecule has 0 aromatic heterocycles. The van der Waals surface area contributed by atoms with E-state index in [-0.39, 0.29) is 1.43 Å². The van der Waals surface area contributed by atoms with E-state index < -0.39 is 51.4 Å². The standard InChI is InChI=1S/C8H24O3Si3.C7H22O2Si3.CH4O.H2/c1-9-14(8,10-12(2,3)4)11-13(5,6)7;1-10(8-11(2,3)4)9-12(5,6)7;1-2;/h1-8H3;10H,1-7H3;2H,1H3;1H. The van der Waals surface area contributed by atoms with Gasteiger partial charge < -0.3 is 26.0 Å². The highest BCUT2D eigenvalue weighted by atomic mass is 28.5. The molecule has 176 valence electrons. The van der Waals surface area contributed by atoms with Crippen molar-refractivity contribution in [3.63, 3.8) is 0 Å². The molecule has 0 rings (SSSR count). The molecule has 0 spiro atoms. The first-order valence-electron chi connectivity index (χ1n) is 9.83. The van der Waals surface area contributed by atoms with E-state index in [0.717, 1.165) is 7.11 Å². The fourth-order valence-corrected chi connectivity index (χ4v) is 20.9. The fraction of sp³-hybridized carbons (Fsp3) is 1.00. The monoisotopic (exact) mass is 508 g/mol. The second-order valence-corrected chi connectivity index (χ2v) is 34.2. The molecule has 0 saturated heterocycles. The van der Waals surface area contributed by atoms with E-state index in [1.54, 1.807) is 7.11 Å². The van der Waals surface area contributed by atoms with Gasteiger partial charge in [-0.1, -0.05) is 0 Å². The minimum Gasteiger partial charge on any atom is -0.439 e. The third kappa shape index (κ3) is 27.1. The second kappa shape index (κ2) is 13.5. The molecule has 0 fully saturated rings. The maximum atomic E-state index is 7.00. The fourth-order valence-electron chi connectivity index (χ4n) is 2.24. The van der Waals surface area contributed by atoms with Crippen molar-refractivity contribution in [2.75, 3.05) is 14.2 Å². The van der Waals surface area contributed by atoms with E-state index in [1.165, 1.54) is 0 Å². The van der Waals surface area contributed by atoms with Crippen molar-refractivity contribution in [2.24, 2.45) is 0 Å². The van der Waals surface area contributed by atoms with Crippen LogP contribution in [0.3, 0.4) is 0 Å². The maximum Gasteiger partial charge on any atom is 0.476 e. The van der Waals surface area contributed by atoms with Crippen LogP contribution in [0.1, 0.15) is 1.43 Å². The van der Waals surface area contributed by atoms with Crippen LogP contribution in [-0.2, 0) is 20.9 Å². The molecule has 0 radical (unpaired) electrons. The van der Waals surface area contributed by atoms with Gasteiger partial charge in [0.2, 0.25) is 0 Å². The SMILES string of the molecule is CO.CO[Si](C)(O[Si](C)(C)C)O[Si](C)(C)C.C[SiH](O[Si](C)(C)C)O[Si](C)(C)C.[HH]. The van der Waals surface area contributed by atoms with Gasteiger partial charge in [0.05, 0.1) is 0 Å². The Labute approximate surface area is 184 Å². The van der Waals surface area contributed by atoms with Crippen LogP contribution < -0.4 is 0 Å². The lowest BCUT2D eigenvalue weighted by Gasteiger charge is -2.36. The summed E-state index contributed by atoms with van der Waals surface area (Å²) in [6, 6.07) is 0. The Kier molecular flexibility index (Phi) is 16.2. The highest BCUT2D eigenvalue weighted by molar-refractivity contribution is 6.85. The molecule has 0 aliphatic rings. The Hall–Kier alpha value is 1.06. The smallest absolute Gasteiger partial charge is 0.439 e. The van der Waals surface area contributed by atoms with Gasteiger partial charge in [0.15, 0.2) is 33.3 Å². The van der Waals surface area contributed by atoms with E-state index in [2.05, 4.69) is 85.1 Å². The average Bonchev–Trinajstić information content (AvgIpc) is 2.32. The molecule has 0 aromatic carbocycles. The van der Waals surface area contributed by atoms with Crippen LogP contribution in [-0.4, -0.2) is 70.7 Å². The van der Waals surface area contributed by atoms with Crippen molar-refractivity contribution < 1.29 is 27.4 Å². The lowest BCUT2D eigenvalue weighted by atomic mass is 11.8. The highest BCUT2D eigenvalue weighted by Gasteiger charge is 2.41. The van der Waals surface area contributed by atoms with Crippen LogP contribution >= 0.6 is 0 Å². The number of rotatable bonds is 9. The molecule has 1 N–H and O–H groups in total. The van der Waals surface area contributed by atoms with Crippen molar-refractivity contribution >= 4 is 51.4 Å². The molecular formula is C16H52O6Si6. The minimum absolute atomic E-state index is 0. The van der Waals surface area contributed by atoms with Gasteiger partial charge >= 0.3 is 8.80 Å². The summed E-state index contributed by atoms with van der Waals surface area (Å²) in [4.78, 5) is 0. The summed E-state index contributed by atoms with van der Waals surface area (Å²) in [5.74, 6) is 0. The molecule has 28 heavy (non-hydrogen) atoms. The van der Waals surface area contributed by atoms with Gasteiger partial charge in [0.1, 0.15) is 0 Å². The van der Waals surface area contributed by atoms with Crippen LogP contribution in [0.25, 0.3) is 0 Å². The third-order valence-corrected chi connectivity index (χ3v) is 19.3. The number of aliphatic hydroxyl groups excluding tert-OH is 1. The van der Waals surface area contributed by atoms with E-state index in [0.29, 0.717) is 0 Å². The number of aliphatic hydroxyl groups is 1. The zero-order valence-corrected chi connectivity index (χ0v) is 27.7. The first-order chi connectivity index (χ1) is 12.1. The zero-order chi connectivity index (χ0) is 23.6. The third-order valence-electron chi connectivity index (χ3n) is 2.39. The van der Waals surface area contributed by atoms with Crippen molar-refractivity contribution in [1.82, 2.24) is 0 Å². The lowest BCUT2D eigenvalue weighted by Crippen LogP contribution is -2.54. The summed E-state index contributed by atoms with van der Waals surface area (Å²) in [5.41, 5.74) is 0. The summed E-state index contributed by atoms with van der Waals surface area (Å²) in [5, 5.41) is 7.00. The summed E-state index contributed by atoms with van der Waals surface area (Å²) in [7, 11) is -6.89. The minimum atomic E-state index is -2.37. The quantitative estimate of drug-likeness (QED) is 0.426. The summed E-state index contributed by atoms with van der Waals surface area (Å²) in [6.07, 6.45) is 0. The first kappa shape index (κ1) is 33.7. The Morgan fingerprint density at radius 1 is 0.571 bits per heavy atom. The largest absolute Gasteiger partial charge is 0.476 e. The van der Waals surface area contributed by atoms with Crippen LogP contribution in [0.2, 0.25) is 91.7 Å². The second-order valence-electron chi connectivity index (χ2n) is 10.5. The van der Waals surface area contributed by atoms with Crippen LogP contribution in [0, 0.1) is 0 Å². The molecule has 0 saturated carbocycles. The summed E-state index contributed by atoms with van der Waals surface area (Å²) in [6.45, 7) is 30.3. The zero-order valence-electron chi connectivity index (χ0n) is 21.6.